The molecule has 1 aromatic carbocycles. The summed E-state index contributed by atoms with van der Waals surface area (Å²) in [5.74, 6) is -0.366. The van der Waals surface area contributed by atoms with E-state index >= 15 is 0 Å². The predicted molar refractivity (Wildman–Crippen MR) is 127 cm³/mol. The van der Waals surface area contributed by atoms with Crippen LogP contribution < -0.4 is 10.9 Å². The number of thiazole rings is 1. The largest absolute Gasteiger partial charge is 0.459 e. The minimum Gasteiger partial charge on any atom is -0.459 e. The van der Waals surface area contributed by atoms with E-state index in [1.54, 1.807) is 17.7 Å². The van der Waals surface area contributed by atoms with E-state index in [2.05, 4.69) is 15.3 Å². The Bertz CT molecular complexity index is 1310. The molecule has 0 fully saturated rings. The molecule has 5 rings (SSSR count). The van der Waals surface area contributed by atoms with Crippen molar-refractivity contribution in [2.75, 3.05) is 5.32 Å². The molecule has 1 aliphatic carbocycles. The lowest BCUT2D eigenvalue weighted by Crippen LogP contribution is -2.23. The molecule has 0 saturated carbocycles. The number of carbonyl (C=O) groups is 1. The van der Waals surface area contributed by atoms with Gasteiger partial charge in [-0.05, 0) is 43.4 Å². The molecular weight excluding hydrogens is 444 g/mol. The van der Waals surface area contributed by atoms with Crippen LogP contribution in [0.1, 0.15) is 35.4 Å². The van der Waals surface area contributed by atoms with Crippen LogP contribution in [0.5, 0.6) is 0 Å². The highest BCUT2D eigenvalue weighted by Crippen LogP contribution is 2.33. The van der Waals surface area contributed by atoms with Gasteiger partial charge < -0.3 is 10.1 Å². The molecule has 9 heteroatoms. The first-order chi connectivity index (χ1) is 15.7. The monoisotopic (exact) mass is 466 g/mol. The number of benzene rings is 1. The molecule has 164 valence electrons. The number of para-hydroxylation sites is 1. The first-order valence-electron chi connectivity index (χ1n) is 10.6. The van der Waals surface area contributed by atoms with E-state index in [0.717, 1.165) is 45.9 Å². The number of aromatic nitrogens is 3. The number of anilines is 2. The molecule has 1 aliphatic rings. The summed E-state index contributed by atoms with van der Waals surface area (Å²) in [5.41, 5.74) is 2.74. The lowest BCUT2D eigenvalue weighted by atomic mass is 9.97. The smallest absolute Gasteiger partial charge is 0.307 e. The quantitative estimate of drug-likeness (QED) is 0.398. The zero-order chi connectivity index (χ0) is 21.9. The molecule has 1 N–H and O–H groups in total. The minimum atomic E-state index is -0.366. The fraction of sp³-hybridized carbons (Fsp3) is 0.304. The third kappa shape index (κ3) is 4.44. The average Bonchev–Trinajstić information content (AvgIpc) is 3.42. The highest BCUT2D eigenvalue weighted by atomic mass is 32.1. The summed E-state index contributed by atoms with van der Waals surface area (Å²) in [4.78, 5) is 36.2. The van der Waals surface area contributed by atoms with Gasteiger partial charge in [-0.1, -0.05) is 18.2 Å². The van der Waals surface area contributed by atoms with Gasteiger partial charge in [0.2, 0.25) is 0 Å². The second-order valence-electron chi connectivity index (χ2n) is 7.68. The van der Waals surface area contributed by atoms with Crippen molar-refractivity contribution < 1.29 is 9.53 Å². The number of nitrogens with one attached hydrogen (secondary N) is 1. The van der Waals surface area contributed by atoms with Crippen molar-refractivity contribution in [3.63, 3.8) is 0 Å². The first kappa shape index (κ1) is 20.8. The van der Waals surface area contributed by atoms with E-state index in [1.807, 2.05) is 35.7 Å². The lowest BCUT2D eigenvalue weighted by Gasteiger charge is -2.10. The van der Waals surface area contributed by atoms with Crippen LogP contribution in [0.25, 0.3) is 10.2 Å². The number of ether oxygens (including phenoxy) is 1. The van der Waals surface area contributed by atoms with Crippen LogP contribution >= 0.6 is 22.7 Å². The fourth-order valence-corrected chi connectivity index (χ4v) is 5.79. The zero-order valence-corrected chi connectivity index (χ0v) is 19.0. The van der Waals surface area contributed by atoms with E-state index < -0.39 is 0 Å². The van der Waals surface area contributed by atoms with Gasteiger partial charge in [0.15, 0.2) is 5.13 Å². The summed E-state index contributed by atoms with van der Waals surface area (Å²) in [5, 5.41) is 6.56. The Morgan fingerprint density at radius 1 is 1.19 bits per heavy atom. The number of aryl methyl sites for hydroxylation is 3. The van der Waals surface area contributed by atoms with Crippen LogP contribution in [-0.2, 0) is 35.5 Å². The van der Waals surface area contributed by atoms with Gasteiger partial charge in [0.05, 0.1) is 23.8 Å². The second kappa shape index (κ2) is 9.22. The molecule has 0 spiro atoms. The van der Waals surface area contributed by atoms with Crippen molar-refractivity contribution in [2.45, 2.75) is 45.3 Å². The first-order valence-corrected chi connectivity index (χ1v) is 12.3. The second-order valence-corrected chi connectivity index (χ2v) is 9.62. The molecule has 0 amide bonds. The number of fused-ring (bicyclic) bond motifs is 3. The number of nitrogens with zero attached hydrogens (tertiary/aromatic N) is 3. The maximum absolute atomic E-state index is 13.0. The third-order valence-electron chi connectivity index (χ3n) is 5.46. The summed E-state index contributed by atoms with van der Waals surface area (Å²) < 4.78 is 6.88. The van der Waals surface area contributed by atoms with Crippen molar-refractivity contribution in [2.24, 2.45) is 0 Å². The standard InChI is InChI=1S/C23H22N4O3S2/c28-19(30-12-16-13-31-23(26-16)25-15-6-2-1-3-7-15)10-11-27-14-24-21-20(22(27)29)17-8-4-5-9-18(17)32-21/h1-3,6-7,13-14H,4-5,8-12H2,(H,25,26). The number of hydrogen-bond acceptors (Lipinski definition) is 8. The zero-order valence-electron chi connectivity index (χ0n) is 17.4. The number of rotatable bonds is 7. The van der Waals surface area contributed by atoms with E-state index in [0.29, 0.717) is 5.69 Å². The molecule has 32 heavy (non-hydrogen) atoms. The Morgan fingerprint density at radius 3 is 2.91 bits per heavy atom. The topological polar surface area (TPSA) is 86.1 Å². The summed E-state index contributed by atoms with van der Waals surface area (Å²) in [7, 11) is 0. The van der Waals surface area contributed by atoms with E-state index in [1.165, 1.54) is 27.2 Å². The highest BCUT2D eigenvalue weighted by Gasteiger charge is 2.20. The number of thiophene rings is 1. The Morgan fingerprint density at radius 2 is 2.03 bits per heavy atom. The molecule has 3 aromatic heterocycles. The van der Waals surface area contributed by atoms with Crippen LogP contribution in [0.2, 0.25) is 0 Å². The van der Waals surface area contributed by atoms with Gasteiger partial charge in [0.25, 0.3) is 5.56 Å². The molecule has 0 atom stereocenters. The van der Waals surface area contributed by atoms with Crippen molar-refractivity contribution in [3.05, 3.63) is 68.5 Å². The molecule has 0 saturated heterocycles. The Kier molecular flexibility index (Phi) is 6.00. The lowest BCUT2D eigenvalue weighted by molar-refractivity contribution is -0.145. The highest BCUT2D eigenvalue weighted by molar-refractivity contribution is 7.18. The Balaban J connectivity index is 1.17. The molecule has 0 unspecified atom stereocenters. The van der Waals surface area contributed by atoms with Gasteiger partial charge in [-0.25, -0.2) is 9.97 Å². The van der Waals surface area contributed by atoms with Crippen LogP contribution in [0.3, 0.4) is 0 Å². The third-order valence-corrected chi connectivity index (χ3v) is 7.46. The predicted octanol–water partition coefficient (Wildman–Crippen LogP) is 4.67. The van der Waals surface area contributed by atoms with E-state index in [9.17, 15) is 9.59 Å². The maximum Gasteiger partial charge on any atom is 0.307 e. The van der Waals surface area contributed by atoms with Crippen molar-refractivity contribution in [3.8, 4) is 0 Å². The molecular formula is C23H22N4O3S2. The number of carbonyl (C=O) groups excluding carboxylic acids is 1. The maximum atomic E-state index is 13.0. The molecule has 4 aromatic rings. The minimum absolute atomic E-state index is 0.0571. The van der Waals surface area contributed by atoms with Gasteiger partial charge in [-0.15, -0.1) is 22.7 Å². The van der Waals surface area contributed by atoms with Gasteiger partial charge in [0, 0.05) is 22.5 Å². The Labute approximate surface area is 192 Å². The van der Waals surface area contributed by atoms with Gasteiger partial charge in [-0.2, -0.15) is 0 Å². The molecule has 3 heterocycles. The summed E-state index contributed by atoms with van der Waals surface area (Å²) in [6.07, 6.45) is 5.90. The van der Waals surface area contributed by atoms with E-state index in [4.69, 9.17) is 4.74 Å². The number of esters is 1. The Hall–Kier alpha value is -3.04. The van der Waals surface area contributed by atoms with Crippen molar-refractivity contribution >= 4 is 49.7 Å². The van der Waals surface area contributed by atoms with Crippen LogP contribution in [0.4, 0.5) is 10.8 Å². The van der Waals surface area contributed by atoms with Gasteiger partial charge in [-0.3, -0.25) is 14.2 Å². The van der Waals surface area contributed by atoms with Crippen molar-refractivity contribution in [1.82, 2.24) is 14.5 Å². The summed E-state index contributed by atoms with van der Waals surface area (Å²) >= 11 is 3.08. The normalized spacial score (nSPS) is 13.1. The van der Waals surface area contributed by atoms with Crippen molar-refractivity contribution in [1.29, 1.82) is 0 Å². The summed E-state index contributed by atoms with van der Waals surface area (Å²) in [6, 6.07) is 9.77. The molecule has 7 nitrogen and oxygen atoms in total. The molecule has 0 bridgehead atoms. The number of hydrogen-bond donors (Lipinski definition) is 1. The molecule has 0 aliphatic heterocycles. The van der Waals surface area contributed by atoms with Crippen LogP contribution in [0.15, 0.2) is 46.8 Å². The van der Waals surface area contributed by atoms with Gasteiger partial charge >= 0.3 is 5.97 Å². The van der Waals surface area contributed by atoms with E-state index in [-0.39, 0.29) is 31.1 Å². The van der Waals surface area contributed by atoms with Gasteiger partial charge in [0.1, 0.15) is 11.4 Å². The molecule has 0 radical (unpaired) electrons. The summed E-state index contributed by atoms with van der Waals surface area (Å²) in [6.45, 7) is 0.360. The average molecular weight is 467 g/mol. The fourth-order valence-electron chi connectivity index (χ4n) is 3.85. The SMILES string of the molecule is O=C(CCn1cnc2sc3c(c2c1=O)CCCC3)OCc1csc(Nc2ccccc2)n1. The van der Waals surface area contributed by atoms with Crippen LogP contribution in [0, 0.1) is 0 Å². The van der Waals surface area contributed by atoms with Crippen LogP contribution in [-0.4, -0.2) is 20.5 Å².